The highest BCUT2D eigenvalue weighted by Gasteiger charge is 2.18. The van der Waals surface area contributed by atoms with Gasteiger partial charge in [-0.15, -0.1) is 0 Å². The minimum Gasteiger partial charge on any atom is -0.310 e. The quantitative estimate of drug-likeness (QED) is 0.830. The van der Waals surface area contributed by atoms with Crippen LogP contribution in [-0.2, 0) is 6.54 Å². The molecule has 3 heteroatoms. The molecule has 1 N–H and O–H groups in total. The Bertz CT molecular complexity index is 423. The van der Waals surface area contributed by atoms with Gasteiger partial charge in [0.1, 0.15) is 0 Å². The maximum absolute atomic E-state index is 6.16. The smallest absolute Gasteiger partial charge is 0.0450 e. The highest BCUT2D eigenvalue weighted by molar-refractivity contribution is 6.31. The number of nitrogens with zero attached hydrogens (tertiary/aromatic N) is 1. The monoisotopic (exact) mass is 278 g/mol. The Balaban J connectivity index is 1.74. The molecule has 0 saturated carbocycles. The van der Waals surface area contributed by atoms with E-state index in [9.17, 15) is 0 Å². The predicted octanol–water partition coefficient (Wildman–Crippen LogP) is 3.47. The van der Waals surface area contributed by atoms with E-state index in [1.54, 1.807) is 0 Å². The molecule has 0 aromatic heterocycles. The van der Waals surface area contributed by atoms with Gasteiger partial charge < -0.3 is 5.32 Å². The molecule has 0 spiro atoms. The van der Waals surface area contributed by atoms with Gasteiger partial charge >= 0.3 is 0 Å². The standard InChI is InChI=1S/C16H23ClN2/c1-13(2)12-19-9-7-15(8-10-19)18-11-14-5-3-4-6-16(14)17/h3-6,15,18H,1,7-12H2,2H3. The fraction of sp³-hybridized carbons (Fsp3) is 0.500. The summed E-state index contributed by atoms with van der Waals surface area (Å²) in [5.41, 5.74) is 2.44. The van der Waals surface area contributed by atoms with Crippen LogP contribution in [0.4, 0.5) is 0 Å². The molecule has 1 aromatic rings. The molecule has 0 unspecified atom stereocenters. The number of rotatable bonds is 5. The van der Waals surface area contributed by atoms with Gasteiger partial charge in [-0.2, -0.15) is 0 Å². The molecule has 1 aliphatic heterocycles. The molecule has 2 nitrogen and oxygen atoms in total. The lowest BCUT2D eigenvalue weighted by atomic mass is 10.0. The van der Waals surface area contributed by atoms with Crippen molar-refractivity contribution in [2.75, 3.05) is 19.6 Å². The summed E-state index contributed by atoms with van der Waals surface area (Å²) >= 11 is 6.16. The van der Waals surface area contributed by atoms with Crippen LogP contribution in [0.3, 0.4) is 0 Å². The fourth-order valence-electron chi connectivity index (χ4n) is 2.57. The molecule has 0 aliphatic carbocycles. The first-order valence-electron chi connectivity index (χ1n) is 6.98. The summed E-state index contributed by atoms with van der Waals surface area (Å²) in [6.45, 7) is 10.3. The molecule has 1 aromatic carbocycles. The Kier molecular flexibility index (Phi) is 5.44. The average Bonchev–Trinajstić information content (AvgIpc) is 2.39. The highest BCUT2D eigenvalue weighted by atomic mass is 35.5. The SMILES string of the molecule is C=C(C)CN1CCC(NCc2ccccc2Cl)CC1. The van der Waals surface area contributed by atoms with E-state index in [-0.39, 0.29) is 0 Å². The van der Waals surface area contributed by atoms with Crippen LogP contribution < -0.4 is 5.32 Å². The molecule has 1 saturated heterocycles. The van der Waals surface area contributed by atoms with Crippen molar-refractivity contribution in [3.8, 4) is 0 Å². The van der Waals surface area contributed by atoms with Crippen LogP contribution in [0.5, 0.6) is 0 Å². The number of piperidine rings is 1. The first kappa shape index (κ1) is 14.6. The van der Waals surface area contributed by atoms with Gasteiger partial charge in [-0.25, -0.2) is 0 Å². The van der Waals surface area contributed by atoms with Crippen LogP contribution >= 0.6 is 11.6 Å². The number of likely N-dealkylation sites (tertiary alicyclic amines) is 1. The van der Waals surface area contributed by atoms with E-state index >= 15 is 0 Å². The molecular formula is C16H23ClN2. The summed E-state index contributed by atoms with van der Waals surface area (Å²) in [7, 11) is 0. The molecule has 19 heavy (non-hydrogen) atoms. The van der Waals surface area contributed by atoms with Gasteiger partial charge in [0, 0.05) is 24.2 Å². The predicted molar refractivity (Wildman–Crippen MR) is 82.6 cm³/mol. The lowest BCUT2D eigenvalue weighted by Crippen LogP contribution is -2.42. The van der Waals surface area contributed by atoms with Crippen molar-refractivity contribution in [2.45, 2.75) is 32.4 Å². The van der Waals surface area contributed by atoms with Crippen molar-refractivity contribution in [1.29, 1.82) is 0 Å². The third kappa shape index (κ3) is 4.64. The summed E-state index contributed by atoms with van der Waals surface area (Å²) in [4.78, 5) is 2.48. The number of nitrogens with one attached hydrogen (secondary N) is 1. The lowest BCUT2D eigenvalue weighted by molar-refractivity contribution is 0.211. The van der Waals surface area contributed by atoms with Crippen molar-refractivity contribution < 1.29 is 0 Å². The van der Waals surface area contributed by atoms with Crippen LogP contribution in [-0.4, -0.2) is 30.6 Å². The first-order chi connectivity index (χ1) is 9.15. The van der Waals surface area contributed by atoms with Crippen molar-refractivity contribution >= 4 is 11.6 Å². The van der Waals surface area contributed by atoms with E-state index in [0.717, 1.165) is 31.2 Å². The normalized spacial score (nSPS) is 17.6. The van der Waals surface area contributed by atoms with E-state index in [4.69, 9.17) is 11.6 Å². The van der Waals surface area contributed by atoms with Crippen molar-refractivity contribution in [2.24, 2.45) is 0 Å². The zero-order valence-electron chi connectivity index (χ0n) is 11.7. The minimum atomic E-state index is 0.609. The van der Waals surface area contributed by atoms with Gasteiger partial charge in [0.25, 0.3) is 0 Å². The zero-order valence-corrected chi connectivity index (χ0v) is 12.4. The Morgan fingerprint density at radius 1 is 1.37 bits per heavy atom. The Hall–Kier alpha value is -0.830. The summed E-state index contributed by atoms with van der Waals surface area (Å²) in [6, 6.07) is 8.66. The third-order valence-corrected chi connectivity index (χ3v) is 3.99. The summed E-state index contributed by atoms with van der Waals surface area (Å²) in [5, 5.41) is 4.48. The van der Waals surface area contributed by atoms with Gasteiger partial charge in [0.15, 0.2) is 0 Å². The molecule has 0 atom stereocenters. The Labute approximate surface area is 121 Å². The lowest BCUT2D eigenvalue weighted by Gasteiger charge is -2.32. The van der Waals surface area contributed by atoms with Crippen molar-refractivity contribution in [3.63, 3.8) is 0 Å². The number of benzene rings is 1. The first-order valence-corrected chi connectivity index (χ1v) is 7.36. The highest BCUT2D eigenvalue weighted by Crippen LogP contribution is 2.16. The van der Waals surface area contributed by atoms with E-state index in [1.807, 2.05) is 18.2 Å². The van der Waals surface area contributed by atoms with Crippen LogP contribution in [0.2, 0.25) is 5.02 Å². The molecule has 1 aliphatic rings. The topological polar surface area (TPSA) is 15.3 Å². The van der Waals surface area contributed by atoms with Crippen LogP contribution in [0.15, 0.2) is 36.4 Å². The van der Waals surface area contributed by atoms with Gasteiger partial charge in [0.05, 0.1) is 0 Å². The molecule has 104 valence electrons. The molecule has 0 amide bonds. The third-order valence-electron chi connectivity index (χ3n) is 3.62. The molecule has 0 bridgehead atoms. The van der Waals surface area contributed by atoms with E-state index in [0.29, 0.717) is 6.04 Å². The van der Waals surface area contributed by atoms with E-state index < -0.39 is 0 Å². The number of hydrogen-bond acceptors (Lipinski definition) is 2. The van der Waals surface area contributed by atoms with Crippen LogP contribution in [0, 0.1) is 0 Å². The average molecular weight is 279 g/mol. The maximum Gasteiger partial charge on any atom is 0.0450 e. The summed E-state index contributed by atoms with van der Waals surface area (Å²) in [6.07, 6.45) is 2.41. The van der Waals surface area contributed by atoms with Gasteiger partial charge in [0.2, 0.25) is 0 Å². The van der Waals surface area contributed by atoms with Gasteiger partial charge in [-0.05, 0) is 44.5 Å². The van der Waals surface area contributed by atoms with Gasteiger partial charge in [-0.3, -0.25) is 4.90 Å². The second kappa shape index (κ2) is 7.09. The molecule has 2 rings (SSSR count). The Morgan fingerprint density at radius 2 is 2.05 bits per heavy atom. The number of hydrogen-bond donors (Lipinski definition) is 1. The summed E-state index contributed by atoms with van der Waals surface area (Å²) < 4.78 is 0. The van der Waals surface area contributed by atoms with E-state index in [1.165, 1.54) is 24.0 Å². The van der Waals surface area contributed by atoms with Crippen molar-refractivity contribution in [1.82, 2.24) is 10.2 Å². The number of halogens is 1. The van der Waals surface area contributed by atoms with Gasteiger partial charge in [-0.1, -0.05) is 42.0 Å². The second-order valence-electron chi connectivity index (χ2n) is 5.48. The molecule has 1 heterocycles. The second-order valence-corrected chi connectivity index (χ2v) is 5.89. The van der Waals surface area contributed by atoms with Crippen LogP contribution in [0.25, 0.3) is 0 Å². The Morgan fingerprint density at radius 3 is 2.68 bits per heavy atom. The summed E-state index contributed by atoms with van der Waals surface area (Å²) in [5.74, 6) is 0. The van der Waals surface area contributed by atoms with Crippen LogP contribution in [0.1, 0.15) is 25.3 Å². The fourth-order valence-corrected chi connectivity index (χ4v) is 2.78. The van der Waals surface area contributed by atoms with E-state index in [2.05, 4.69) is 29.8 Å². The molecular weight excluding hydrogens is 256 g/mol. The molecule has 0 radical (unpaired) electrons. The molecule has 1 fully saturated rings. The minimum absolute atomic E-state index is 0.609. The largest absolute Gasteiger partial charge is 0.310 e. The maximum atomic E-state index is 6.16. The zero-order chi connectivity index (χ0) is 13.7. The van der Waals surface area contributed by atoms with Crippen molar-refractivity contribution in [3.05, 3.63) is 47.0 Å².